The molecule has 3 aromatic heterocycles. The van der Waals surface area contributed by atoms with E-state index in [-0.39, 0.29) is 5.69 Å². The molecule has 9 heteroatoms. The summed E-state index contributed by atoms with van der Waals surface area (Å²) in [6, 6.07) is 41.8. The lowest BCUT2D eigenvalue weighted by molar-refractivity contribution is -0.137. The average Bonchev–Trinajstić information content (AvgIpc) is 3.65. The molecule has 5 aromatic carbocycles. The van der Waals surface area contributed by atoms with Crippen LogP contribution in [0.2, 0.25) is 0 Å². The predicted molar refractivity (Wildman–Crippen MR) is 197 cm³/mol. The van der Waals surface area contributed by atoms with Gasteiger partial charge in [0, 0.05) is 21.5 Å². The van der Waals surface area contributed by atoms with Gasteiger partial charge in [0.15, 0.2) is 0 Å². The summed E-state index contributed by atoms with van der Waals surface area (Å²) in [6.45, 7) is 0. The van der Waals surface area contributed by atoms with Crippen LogP contribution in [0.5, 0.6) is 0 Å². The summed E-state index contributed by atoms with van der Waals surface area (Å²) in [5.74, 6) is 1.89. The Morgan fingerprint density at radius 3 is 1.74 bits per heavy atom. The Morgan fingerprint density at radius 2 is 1.16 bits per heavy atom. The molecule has 6 nitrogen and oxygen atoms in total. The van der Waals surface area contributed by atoms with Crippen molar-refractivity contribution in [2.75, 3.05) is 10.6 Å². The van der Waals surface area contributed by atoms with Crippen molar-refractivity contribution in [1.82, 2.24) is 19.4 Å². The molecule has 1 aliphatic heterocycles. The first kappa shape index (κ1) is 29.6. The van der Waals surface area contributed by atoms with Crippen molar-refractivity contribution in [3.8, 4) is 5.82 Å². The maximum atomic E-state index is 14.0. The van der Waals surface area contributed by atoms with Crippen molar-refractivity contribution < 1.29 is 13.2 Å². The van der Waals surface area contributed by atoms with E-state index in [1.807, 2.05) is 91.0 Å². The second-order valence-corrected chi connectivity index (χ2v) is 12.2. The Hall–Kier alpha value is -6.48. The van der Waals surface area contributed by atoms with Gasteiger partial charge in [-0.2, -0.15) is 13.2 Å². The number of alkyl halides is 3. The summed E-state index contributed by atoms with van der Waals surface area (Å²) in [4.78, 5) is 4.90. The number of nitrogens with zero attached hydrogens (tertiary/aromatic N) is 3. The Bertz CT molecular complexity index is 2540. The van der Waals surface area contributed by atoms with Gasteiger partial charge in [0.1, 0.15) is 23.6 Å². The first-order chi connectivity index (χ1) is 24.4. The number of benzene rings is 5. The highest BCUT2D eigenvalue weighted by Crippen LogP contribution is 2.37. The standard InChI is InChI=1S/C41H29F3N6/c42-41(43,44)26-23-24-31(45-37-19-9-21-39(47-37)49-33-15-5-1-11-27(33)28-12-2-6-16-34(28)49)32(25-26)46-38-20-10-22-40(48-38)50-35-17-7-3-13-29(35)30-14-4-8-18-36(30)50/h1-25,37,45,47H,(H,46,48). The number of hydrogen-bond donors (Lipinski definition) is 3. The molecule has 0 spiro atoms. The first-order valence-corrected chi connectivity index (χ1v) is 16.3. The minimum absolute atomic E-state index is 0.245. The number of allylic oxidation sites excluding steroid dienone is 2. The molecule has 1 atom stereocenters. The van der Waals surface area contributed by atoms with Crippen LogP contribution in [0.15, 0.2) is 152 Å². The van der Waals surface area contributed by atoms with E-state index in [4.69, 9.17) is 4.98 Å². The van der Waals surface area contributed by atoms with Gasteiger partial charge in [-0.05, 0) is 66.7 Å². The van der Waals surface area contributed by atoms with Crippen LogP contribution in [0, 0.1) is 0 Å². The number of anilines is 3. The second-order valence-electron chi connectivity index (χ2n) is 12.2. The number of nitrogens with one attached hydrogen (secondary N) is 3. The summed E-state index contributed by atoms with van der Waals surface area (Å²) < 4.78 is 46.3. The van der Waals surface area contributed by atoms with Crippen LogP contribution in [-0.2, 0) is 6.18 Å². The summed E-state index contributed by atoms with van der Waals surface area (Å²) >= 11 is 0. The van der Waals surface area contributed by atoms with Crippen LogP contribution >= 0.6 is 0 Å². The minimum Gasteiger partial charge on any atom is -0.360 e. The van der Waals surface area contributed by atoms with E-state index in [1.54, 1.807) is 6.07 Å². The minimum atomic E-state index is -4.53. The lowest BCUT2D eigenvalue weighted by atomic mass is 10.1. The van der Waals surface area contributed by atoms with E-state index in [0.29, 0.717) is 17.3 Å². The molecule has 0 bridgehead atoms. The lowest BCUT2D eigenvalue weighted by Gasteiger charge is -2.26. The first-order valence-electron chi connectivity index (χ1n) is 16.3. The highest BCUT2D eigenvalue weighted by atomic mass is 19.4. The van der Waals surface area contributed by atoms with Crippen LogP contribution in [0.25, 0.3) is 55.3 Å². The summed E-state index contributed by atoms with van der Waals surface area (Å²) in [6.07, 6.45) is 0.917. The number of pyridine rings is 1. The molecule has 0 saturated carbocycles. The molecule has 3 N–H and O–H groups in total. The fourth-order valence-corrected chi connectivity index (χ4v) is 6.96. The second kappa shape index (κ2) is 11.6. The predicted octanol–water partition coefficient (Wildman–Crippen LogP) is 10.4. The van der Waals surface area contributed by atoms with Crippen LogP contribution in [0.1, 0.15) is 5.56 Å². The molecule has 50 heavy (non-hydrogen) atoms. The molecular weight excluding hydrogens is 633 g/mol. The molecule has 0 saturated heterocycles. The number of aromatic nitrogens is 3. The summed E-state index contributed by atoms with van der Waals surface area (Å²) in [7, 11) is 0. The molecule has 8 aromatic rings. The molecule has 1 aliphatic rings. The van der Waals surface area contributed by atoms with Crippen LogP contribution in [-0.4, -0.2) is 20.3 Å². The van der Waals surface area contributed by atoms with Gasteiger partial charge in [-0.15, -0.1) is 0 Å². The van der Waals surface area contributed by atoms with Crippen molar-refractivity contribution in [2.45, 2.75) is 12.3 Å². The molecular formula is C41H29F3N6. The Labute approximate surface area is 284 Å². The van der Waals surface area contributed by atoms with Gasteiger partial charge in [-0.3, -0.25) is 9.13 Å². The SMILES string of the molecule is FC(F)(F)c1ccc(NC2C=CC=C(n3c4ccccc4c4ccccc43)N2)c(Nc2cccc(-n3c4ccccc4c4ccccc43)n2)c1. The normalized spacial score (nSPS) is 14.7. The van der Waals surface area contributed by atoms with E-state index in [9.17, 15) is 13.2 Å². The quantitative estimate of drug-likeness (QED) is 0.166. The maximum absolute atomic E-state index is 14.0. The van der Waals surface area contributed by atoms with Crippen molar-refractivity contribution in [2.24, 2.45) is 0 Å². The van der Waals surface area contributed by atoms with E-state index in [1.165, 1.54) is 6.07 Å². The number of hydrogen-bond acceptors (Lipinski definition) is 4. The largest absolute Gasteiger partial charge is 0.416 e. The van der Waals surface area contributed by atoms with Crippen LogP contribution in [0.4, 0.5) is 30.4 Å². The Morgan fingerprint density at radius 1 is 0.600 bits per heavy atom. The van der Waals surface area contributed by atoms with Crippen molar-refractivity contribution in [3.63, 3.8) is 0 Å². The zero-order valence-corrected chi connectivity index (χ0v) is 26.5. The lowest BCUT2D eigenvalue weighted by Crippen LogP contribution is -2.36. The van der Waals surface area contributed by atoms with Gasteiger partial charge < -0.3 is 16.0 Å². The smallest absolute Gasteiger partial charge is 0.360 e. The van der Waals surface area contributed by atoms with E-state index in [0.717, 1.165) is 61.6 Å². The van der Waals surface area contributed by atoms with E-state index >= 15 is 0 Å². The third-order valence-corrected chi connectivity index (χ3v) is 9.15. The van der Waals surface area contributed by atoms with E-state index in [2.05, 4.69) is 61.5 Å². The third kappa shape index (κ3) is 5.02. The van der Waals surface area contributed by atoms with Gasteiger partial charge >= 0.3 is 6.18 Å². The number of para-hydroxylation sites is 4. The van der Waals surface area contributed by atoms with Crippen molar-refractivity contribution in [1.29, 1.82) is 0 Å². The molecule has 0 radical (unpaired) electrons. The van der Waals surface area contributed by atoms with Gasteiger partial charge in [0.25, 0.3) is 0 Å². The topological polar surface area (TPSA) is 58.8 Å². The third-order valence-electron chi connectivity index (χ3n) is 9.15. The van der Waals surface area contributed by atoms with Gasteiger partial charge in [-0.1, -0.05) is 84.9 Å². The highest BCUT2D eigenvalue weighted by molar-refractivity contribution is 6.10. The van der Waals surface area contributed by atoms with Crippen molar-refractivity contribution in [3.05, 3.63) is 157 Å². The van der Waals surface area contributed by atoms with Crippen LogP contribution < -0.4 is 16.0 Å². The Kier molecular flexibility index (Phi) is 6.87. The zero-order chi connectivity index (χ0) is 33.8. The number of dihydropyridines is 1. The zero-order valence-electron chi connectivity index (χ0n) is 26.5. The number of rotatable bonds is 6. The summed E-state index contributed by atoms with van der Waals surface area (Å²) in [5, 5.41) is 14.6. The summed E-state index contributed by atoms with van der Waals surface area (Å²) in [5.41, 5.74) is 4.04. The number of halogens is 3. The molecule has 4 heterocycles. The van der Waals surface area contributed by atoms with Gasteiger partial charge in [0.2, 0.25) is 0 Å². The van der Waals surface area contributed by atoms with E-state index < -0.39 is 17.9 Å². The fourth-order valence-electron chi connectivity index (χ4n) is 6.96. The fraction of sp³-hybridized carbons (Fsp3) is 0.0488. The highest BCUT2D eigenvalue weighted by Gasteiger charge is 2.31. The van der Waals surface area contributed by atoms with Crippen LogP contribution in [0.3, 0.4) is 0 Å². The van der Waals surface area contributed by atoms with Gasteiger partial charge in [0.05, 0.1) is 39.0 Å². The monoisotopic (exact) mass is 662 g/mol. The molecule has 1 unspecified atom stereocenters. The number of fused-ring (bicyclic) bond motifs is 6. The molecule has 244 valence electrons. The van der Waals surface area contributed by atoms with Gasteiger partial charge in [-0.25, -0.2) is 4.98 Å². The molecule has 0 fully saturated rings. The average molecular weight is 663 g/mol. The Balaban J connectivity index is 1.06. The molecule has 0 aliphatic carbocycles. The molecule has 0 amide bonds. The van der Waals surface area contributed by atoms with Crippen molar-refractivity contribution >= 4 is 66.6 Å². The molecule has 9 rings (SSSR count). The maximum Gasteiger partial charge on any atom is 0.416 e.